The van der Waals surface area contributed by atoms with Crippen molar-refractivity contribution in [1.82, 2.24) is 10.3 Å². The zero-order valence-corrected chi connectivity index (χ0v) is 10.1. The molecule has 1 aromatic heterocycles. The lowest BCUT2D eigenvalue weighted by atomic mass is 10.2. The lowest BCUT2D eigenvalue weighted by Gasteiger charge is -2.21. The van der Waals surface area contributed by atoms with Crippen molar-refractivity contribution in [2.45, 2.75) is 32.4 Å². The fourth-order valence-electron chi connectivity index (χ4n) is 1.62. The molecule has 0 aromatic carbocycles. The number of aryl methyl sites for hydroxylation is 1. The Labute approximate surface area is 93.5 Å². The number of hydrogen-bond donors (Lipinski definition) is 1. The number of hydrogen-bond acceptors (Lipinski definition) is 4. The molecule has 1 aliphatic heterocycles. The minimum Gasteiger partial charge on any atom is -0.307 e. The first kappa shape index (κ1) is 10.5. The average Bonchev–Trinajstić information content (AvgIpc) is 2.63. The molecule has 0 radical (unpaired) electrons. The Morgan fingerprint density at radius 2 is 2.57 bits per heavy atom. The third-order valence-corrected chi connectivity index (χ3v) is 4.50. The number of rotatable bonds is 3. The molecule has 1 aromatic rings. The van der Waals surface area contributed by atoms with Crippen molar-refractivity contribution in [3.63, 3.8) is 0 Å². The molecule has 1 N–H and O–H groups in total. The third kappa shape index (κ3) is 2.97. The van der Waals surface area contributed by atoms with Crippen molar-refractivity contribution < 1.29 is 0 Å². The van der Waals surface area contributed by atoms with Crippen LogP contribution in [0, 0.1) is 6.92 Å². The Morgan fingerprint density at radius 3 is 3.21 bits per heavy atom. The van der Waals surface area contributed by atoms with Gasteiger partial charge in [-0.2, -0.15) is 11.8 Å². The van der Waals surface area contributed by atoms with Crippen LogP contribution in [0.15, 0.2) is 6.20 Å². The first-order valence-corrected chi connectivity index (χ1v) is 7.04. The fraction of sp³-hybridized carbons (Fsp3) is 0.700. The Kier molecular flexibility index (Phi) is 3.84. The van der Waals surface area contributed by atoms with Crippen molar-refractivity contribution in [1.29, 1.82) is 0 Å². The molecule has 1 atom stereocenters. The molecule has 2 heterocycles. The Hall–Kier alpha value is -0.0600. The molecule has 0 bridgehead atoms. The zero-order chi connectivity index (χ0) is 9.80. The zero-order valence-electron chi connectivity index (χ0n) is 8.45. The summed E-state index contributed by atoms with van der Waals surface area (Å²) in [6.07, 6.45) is 4.65. The summed E-state index contributed by atoms with van der Waals surface area (Å²) in [7, 11) is 0. The van der Waals surface area contributed by atoms with Crippen LogP contribution in [0.4, 0.5) is 0 Å². The molecule has 1 saturated heterocycles. The van der Waals surface area contributed by atoms with E-state index in [0.29, 0.717) is 6.04 Å². The second-order valence-electron chi connectivity index (χ2n) is 3.66. The maximum atomic E-state index is 4.35. The quantitative estimate of drug-likeness (QED) is 0.860. The largest absolute Gasteiger partial charge is 0.307 e. The molecule has 14 heavy (non-hydrogen) atoms. The van der Waals surface area contributed by atoms with Gasteiger partial charge in [0.2, 0.25) is 0 Å². The molecular weight excluding hydrogens is 212 g/mol. The van der Waals surface area contributed by atoms with Crippen LogP contribution < -0.4 is 5.32 Å². The first-order valence-electron chi connectivity index (χ1n) is 5.07. The van der Waals surface area contributed by atoms with E-state index in [1.807, 2.05) is 6.20 Å². The van der Waals surface area contributed by atoms with Gasteiger partial charge in [-0.05, 0) is 25.5 Å². The molecule has 0 aliphatic carbocycles. The second kappa shape index (κ2) is 5.14. The van der Waals surface area contributed by atoms with Crippen molar-refractivity contribution in [3.8, 4) is 0 Å². The van der Waals surface area contributed by atoms with Gasteiger partial charge in [-0.1, -0.05) is 0 Å². The minimum atomic E-state index is 0.706. The summed E-state index contributed by atoms with van der Waals surface area (Å²) < 4.78 is 0. The molecule has 4 heteroatoms. The van der Waals surface area contributed by atoms with Crippen LogP contribution in [0.25, 0.3) is 0 Å². The summed E-state index contributed by atoms with van der Waals surface area (Å²) in [5.41, 5.74) is 0. The topological polar surface area (TPSA) is 24.9 Å². The van der Waals surface area contributed by atoms with E-state index in [1.54, 1.807) is 11.3 Å². The van der Waals surface area contributed by atoms with Gasteiger partial charge in [-0.25, -0.2) is 4.98 Å². The molecule has 1 unspecified atom stereocenters. The standard InChI is InChI=1S/C10H16N2S2/c1-8-5-12-10(14-8)6-11-9-3-2-4-13-7-9/h5,9,11H,2-4,6-7H2,1H3. The highest BCUT2D eigenvalue weighted by molar-refractivity contribution is 7.99. The van der Waals surface area contributed by atoms with E-state index < -0.39 is 0 Å². The lowest BCUT2D eigenvalue weighted by Crippen LogP contribution is -2.33. The van der Waals surface area contributed by atoms with E-state index in [2.05, 4.69) is 29.0 Å². The van der Waals surface area contributed by atoms with Crippen LogP contribution in [-0.2, 0) is 6.54 Å². The number of nitrogens with one attached hydrogen (secondary N) is 1. The van der Waals surface area contributed by atoms with Gasteiger partial charge in [-0.3, -0.25) is 0 Å². The van der Waals surface area contributed by atoms with Crippen LogP contribution >= 0.6 is 23.1 Å². The molecule has 2 rings (SSSR count). The third-order valence-electron chi connectivity index (χ3n) is 2.37. The Balaban J connectivity index is 1.76. The van der Waals surface area contributed by atoms with Crippen LogP contribution in [0.3, 0.4) is 0 Å². The summed E-state index contributed by atoms with van der Waals surface area (Å²) in [6.45, 7) is 3.06. The van der Waals surface area contributed by atoms with E-state index >= 15 is 0 Å². The van der Waals surface area contributed by atoms with Gasteiger partial charge in [0.1, 0.15) is 5.01 Å². The van der Waals surface area contributed by atoms with Crippen molar-refractivity contribution in [3.05, 3.63) is 16.1 Å². The molecule has 78 valence electrons. The summed E-state index contributed by atoms with van der Waals surface area (Å²) in [6, 6.07) is 0.706. The normalized spacial score (nSPS) is 22.5. The molecule has 1 fully saturated rings. The van der Waals surface area contributed by atoms with Gasteiger partial charge < -0.3 is 5.32 Å². The van der Waals surface area contributed by atoms with Crippen molar-refractivity contribution >= 4 is 23.1 Å². The molecule has 2 nitrogen and oxygen atoms in total. The Bertz CT molecular complexity index is 279. The summed E-state index contributed by atoms with van der Waals surface area (Å²) in [5.74, 6) is 2.61. The van der Waals surface area contributed by atoms with Crippen molar-refractivity contribution in [2.75, 3.05) is 11.5 Å². The summed E-state index contributed by atoms with van der Waals surface area (Å²) >= 11 is 3.86. The van der Waals surface area contributed by atoms with Crippen LogP contribution in [-0.4, -0.2) is 22.5 Å². The SMILES string of the molecule is Cc1cnc(CNC2CCCSC2)s1. The smallest absolute Gasteiger partial charge is 0.107 e. The predicted molar refractivity (Wildman–Crippen MR) is 64.0 cm³/mol. The van der Waals surface area contributed by atoms with E-state index in [0.717, 1.165) is 6.54 Å². The molecular formula is C10H16N2S2. The van der Waals surface area contributed by atoms with E-state index in [9.17, 15) is 0 Å². The fourth-order valence-corrected chi connectivity index (χ4v) is 3.46. The summed E-state index contributed by atoms with van der Waals surface area (Å²) in [4.78, 5) is 5.65. The highest BCUT2D eigenvalue weighted by atomic mass is 32.2. The van der Waals surface area contributed by atoms with Crippen LogP contribution in [0.1, 0.15) is 22.7 Å². The predicted octanol–water partition coefficient (Wildman–Crippen LogP) is 2.44. The second-order valence-corrected chi connectivity index (χ2v) is 6.13. The van der Waals surface area contributed by atoms with Crippen LogP contribution in [0.2, 0.25) is 0 Å². The monoisotopic (exact) mass is 228 g/mol. The highest BCUT2D eigenvalue weighted by Crippen LogP contribution is 2.18. The maximum Gasteiger partial charge on any atom is 0.107 e. The Morgan fingerprint density at radius 1 is 1.64 bits per heavy atom. The van der Waals surface area contributed by atoms with Gasteiger partial charge in [-0.15, -0.1) is 11.3 Å². The molecule has 0 amide bonds. The highest BCUT2D eigenvalue weighted by Gasteiger charge is 2.13. The number of thioether (sulfide) groups is 1. The lowest BCUT2D eigenvalue weighted by molar-refractivity contribution is 0.507. The minimum absolute atomic E-state index is 0.706. The molecule has 0 spiro atoms. The van der Waals surface area contributed by atoms with E-state index in [-0.39, 0.29) is 0 Å². The van der Waals surface area contributed by atoms with Gasteiger partial charge in [0.05, 0.1) is 0 Å². The van der Waals surface area contributed by atoms with Crippen LogP contribution in [0.5, 0.6) is 0 Å². The van der Waals surface area contributed by atoms with Gasteiger partial charge in [0.25, 0.3) is 0 Å². The average molecular weight is 228 g/mol. The van der Waals surface area contributed by atoms with Gasteiger partial charge in [0, 0.05) is 29.4 Å². The van der Waals surface area contributed by atoms with Gasteiger partial charge in [0.15, 0.2) is 0 Å². The number of nitrogens with zero attached hydrogens (tertiary/aromatic N) is 1. The number of aromatic nitrogens is 1. The number of thiazole rings is 1. The molecule has 1 aliphatic rings. The van der Waals surface area contributed by atoms with E-state index in [1.165, 1.54) is 34.2 Å². The van der Waals surface area contributed by atoms with Crippen molar-refractivity contribution in [2.24, 2.45) is 0 Å². The maximum absolute atomic E-state index is 4.35. The summed E-state index contributed by atoms with van der Waals surface area (Å²) in [5, 5.41) is 4.80. The molecule has 0 saturated carbocycles. The van der Waals surface area contributed by atoms with Gasteiger partial charge >= 0.3 is 0 Å². The first-order chi connectivity index (χ1) is 6.84. The van der Waals surface area contributed by atoms with E-state index in [4.69, 9.17) is 0 Å².